The van der Waals surface area contributed by atoms with Gasteiger partial charge in [0.15, 0.2) is 0 Å². The average molecular weight is 230 g/mol. The van der Waals surface area contributed by atoms with Crippen LogP contribution < -0.4 is 10.3 Å². The van der Waals surface area contributed by atoms with E-state index in [1.54, 1.807) is 14.0 Å². The largest absolute Gasteiger partial charge is 0.496 e. The molecule has 17 heavy (non-hydrogen) atoms. The molecule has 1 heterocycles. The summed E-state index contributed by atoms with van der Waals surface area (Å²) in [6, 6.07) is 9.24. The highest BCUT2D eigenvalue weighted by Crippen LogP contribution is 2.19. The van der Waals surface area contributed by atoms with Crippen LogP contribution in [0.3, 0.4) is 0 Å². The van der Waals surface area contributed by atoms with Crippen LogP contribution in [0.1, 0.15) is 17.1 Å². The second-order valence-corrected chi connectivity index (χ2v) is 3.81. The van der Waals surface area contributed by atoms with E-state index in [2.05, 4.69) is 9.97 Å². The van der Waals surface area contributed by atoms with Crippen LogP contribution in [0.25, 0.3) is 0 Å². The summed E-state index contributed by atoms with van der Waals surface area (Å²) in [7, 11) is 1.63. The molecule has 0 aliphatic rings. The van der Waals surface area contributed by atoms with Crippen LogP contribution >= 0.6 is 0 Å². The summed E-state index contributed by atoms with van der Waals surface area (Å²) in [5, 5.41) is 0. The van der Waals surface area contributed by atoms with Gasteiger partial charge < -0.3 is 9.72 Å². The molecule has 0 fully saturated rings. The van der Waals surface area contributed by atoms with Gasteiger partial charge in [-0.2, -0.15) is 0 Å². The third-order valence-electron chi connectivity index (χ3n) is 2.48. The molecule has 0 saturated carbocycles. The summed E-state index contributed by atoms with van der Waals surface area (Å²) in [5.41, 5.74) is 1.64. The number of nitrogens with one attached hydrogen (secondary N) is 1. The number of benzene rings is 1. The standard InChI is InChI=1S/C13H14N2O2/c1-9-14-11(8-13(16)15-9)7-10-5-3-4-6-12(10)17-2/h3-6,8H,7H2,1-2H3,(H,14,15,16). The van der Waals surface area contributed by atoms with E-state index in [0.717, 1.165) is 17.0 Å². The molecule has 0 spiro atoms. The van der Waals surface area contributed by atoms with Gasteiger partial charge in [-0.3, -0.25) is 4.79 Å². The van der Waals surface area contributed by atoms with Gasteiger partial charge >= 0.3 is 0 Å². The number of hydrogen-bond acceptors (Lipinski definition) is 3. The number of aryl methyl sites for hydroxylation is 1. The molecule has 0 radical (unpaired) electrons. The van der Waals surface area contributed by atoms with E-state index in [1.165, 1.54) is 6.07 Å². The number of nitrogens with zero attached hydrogens (tertiary/aromatic N) is 1. The molecule has 1 aromatic heterocycles. The lowest BCUT2D eigenvalue weighted by atomic mass is 10.1. The number of para-hydroxylation sites is 1. The van der Waals surface area contributed by atoms with Gasteiger partial charge in [0.05, 0.1) is 12.8 Å². The first kappa shape index (κ1) is 11.4. The van der Waals surface area contributed by atoms with Crippen LogP contribution in [0.4, 0.5) is 0 Å². The van der Waals surface area contributed by atoms with Crippen LogP contribution in [0.2, 0.25) is 0 Å². The number of aromatic amines is 1. The molecular formula is C13H14N2O2. The molecule has 2 rings (SSSR count). The molecule has 0 amide bonds. The second kappa shape index (κ2) is 4.82. The van der Waals surface area contributed by atoms with Gasteiger partial charge in [0.1, 0.15) is 11.6 Å². The molecule has 2 aromatic rings. The lowest BCUT2D eigenvalue weighted by Crippen LogP contribution is -2.10. The first-order valence-corrected chi connectivity index (χ1v) is 5.38. The monoisotopic (exact) mass is 230 g/mol. The highest BCUT2D eigenvalue weighted by Gasteiger charge is 2.05. The zero-order chi connectivity index (χ0) is 12.3. The maximum atomic E-state index is 11.3. The maximum Gasteiger partial charge on any atom is 0.251 e. The SMILES string of the molecule is COc1ccccc1Cc1cc(=O)[nH]c(C)n1. The van der Waals surface area contributed by atoms with Gasteiger partial charge in [-0.25, -0.2) is 4.98 Å². The Hall–Kier alpha value is -2.10. The van der Waals surface area contributed by atoms with Crippen molar-refractivity contribution in [1.29, 1.82) is 0 Å². The van der Waals surface area contributed by atoms with Crippen molar-refractivity contribution in [2.45, 2.75) is 13.3 Å². The molecule has 0 atom stereocenters. The van der Waals surface area contributed by atoms with E-state index in [9.17, 15) is 4.79 Å². The zero-order valence-electron chi connectivity index (χ0n) is 9.86. The van der Waals surface area contributed by atoms with Crippen molar-refractivity contribution in [3.05, 3.63) is 57.8 Å². The number of rotatable bonds is 3. The molecule has 4 nitrogen and oxygen atoms in total. The minimum atomic E-state index is -0.123. The molecule has 0 unspecified atom stereocenters. The Bertz CT molecular complexity index is 576. The minimum absolute atomic E-state index is 0.123. The van der Waals surface area contributed by atoms with Crippen molar-refractivity contribution in [3.8, 4) is 5.75 Å². The lowest BCUT2D eigenvalue weighted by Gasteiger charge is -2.07. The summed E-state index contributed by atoms with van der Waals surface area (Å²) in [6.45, 7) is 1.77. The van der Waals surface area contributed by atoms with Crippen LogP contribution in [-0.4, -0.2) is 17.1 Å². The molecule has 88 valence electrons. The number of methoxy groups -OCH3 is 1. The second-order valence-electron chi connectivity index (χ2n) is 3.81. The third-order valence-corrected chi connectivity index (χ3v) is 2.48. The lowest BCUT2D eigenvalue weighted by molar-refractivity contribution is 0.410. The van der Waals surface area contributed by atoms with Crippen LogP contribution in [-0.2, 0) is 6.42 Å². The quantitative estimate of drug-likeness (QED) is 0.872. The Balaban J connectivity index is 2.34. The van der Waals surface area contributed by atoms with Crippen molar-refractivity contribution in [1.82, 2.24) is 9.97 Å². The molecule has 4 heteroatoms. The first-order chi connectivity index (χ1) is 8.19. The van der Waals surface area contributed by atoms with E-state index in [-0.39, 0.29) is 5.56 Å². The van der Waals surface area contributed by atoms with E-state index >= 15 is 0 Å². The highest BCUT2D eigenvalue weighted by molar-refractivity contribution is 5.35. The number of H-pyrrole nitrogens is 1. The van der Waals surface area contributed by atoms with Crippen LogP contribution in [0.5, 0.6) is 5.75 Å². The predicted molar refractivity (Wildman–Crippen MR) is 65.4 cm³/mol. The van der Waals surface area contributed by atoms with Gasteiger partial charge in [0.25, 0.3) is 5.56 Å². The van der Waals surface area contributed by atoms with E-state index in [4.69, 9.17) is 4.74 Å². The Morgan fingerprint density at radius 2 is 2.12 bits per heavy atom. The van der Waals surface area contributed by atoms with Gasteiger partial charge in [0.2, 0.25) is 0 Å². The summed E-state index contributed by atoms with van der Waals surface area (Å²) in [6.07, 6.45) is 0.592. The summed E-state index contributed by atoms with van der Waals surface area (Å²) in [4.78, 5) is 18.2. The molecule has 0 saturated heterocycles. The van der Waals surface area contributed by atoms with Crippen LogP contribution in [0, 0.1) is 6.92 Å². The topological polar surface area (TPSA) is 55.0 Å². The van der Waals surface area contributed by atoms with Crippen molar-refractivity contribution < 1.29 is 4.74 Å². The summed E-state index contributed by atoms with van der Waals surface area (Å²) in [5.74, 6) is 1.44. The van der Waals surface area contributed by atoms with Gasteiger partial charge in [0, 0.05) is 18.1 Å². The molecule has 0 aliphatic carbocycles. The molecule has 0 aliphatic heterocycles. The Labute approximate surface area is 99.3 Å². The average Bonchev–Trinajstić information content (AvgIpc) is 2.28. The smallest absolute Gasteiger partial charge is 0.251 e. The molecule has 1 aromatic carbocycles. The minimum Gasteiger partial charge on any atom is -0.496 e. The van der Waals surface area contributed by atoms with Crippen LogP contribution in [0.15, 0.2) is 35.1 Å². The van der Waals surface area contributed by atoms with E-state index in [1.807, 2.05) is 24.3 Å². The van der Waals surface area contributed by atoms with Gasteiger partial charge in [-0.05, 0) is 13.0 Å². The van der Waals surface area contributed by atoms with Gasteiger partial charge in [-0.15, -0.1) is 0 Å². The molecule has 1 N–H and O–H groups in total. The van der Waals surface area contributed by atoms with E-state index in [0.29, 0.717) is 12.2 Å². The fourth-order valence-electron chi connectivity index (χ4n) is 1.78. The fraction of sp³-hybridized carbons (Fsp3) is 0.231. The Morgan fingerprint density at radius 3 is 2.82 bits per heavy atom. The number of ether oxygens (including phenoxy) is 1. The fourth-order valence-corrected chi connectivity index (χ4v) is 1.78. The maximum absolute atomic E-state index is 11.3. The van der Waals surface area contributed by atoms with Crippen molar-refractivity contribution in [2.24, 2.45) is 0 Å². The first-order valence-electron chi connectivity index (χ1n) is 5.38. The Kier molecular flexibility index (Phi) is 3.23. The summed E-state index contributed by atoms with van der Waals surface area (Å²) >= 11 is 0. The van der Waals surface area contributed by atoms with Crippen molar-refractivity contribution in [3.63, 3.8) is 0 Å². The van der Waals surface area contributed by atoms with Crippen molar-refractivity contribution >= 4 is 0 Å². The molecular weight excluding hydrogens is 216 g/mol. The summed E-state index contributed by atoms with van der Waals surface area (Å²) < 4.78 is 5.26. The van der Waals surface area contributed by atoms with Crippen molar-refractivity contribution in [2.75, 3.05) is 7.11 Å². The Morgan fingerprint density at radius 1 is 1.35 bits per heavy atom. The predicted octanol–water partition coefficient (Wildman–Crippen LogP) is 1.68. The zero-order valence-corrected chi connectivity index (χ0v) is 9.86. The normalized spacial score (nSPS) is 10.2. The highest BCUT2D eigenvalue weighted by atomic mass is 16.5. The molecule has 0 bridgehead atoms. The number of aromatic nitrogens is 2. The van der Waals surface area contributed by atoms with E-state index < -0.39 is 0 Å². The third kappa shape index (κ3) is 2.72. The number of hydrogen-bond donors (Lipinski definition) is 1. The van der Waals surface area contributed by atoms with Gasteiger partial charge in [-0.1, -0.05) is 18.2 Å².